The quantitative estimate of drug-likeness (QED) is 0.847. The zero-order valence-electron chi connectivity index (χ0n) is 12.8. The van der Waals surface area contributed by atoms with Gasteiger partial charge in [-0.25, -0.2) is 9.97 Å². The fraction of sp³-hybridized carbons (Fsp3) is 0.412. The van der Waals surface area contributed by atoms with Gasteiger partial charge in [0.15, 0.2) is 5.82 Å². The molecule has 2 rings (SSSR count). The van der Waals surface area contributed by atoms with Crippen molar-refractivity contribution in [1.29, 1.82) is 0 Å². The summed E-state index contributed by atoms with van der Waals surface area (Å²) in [6.45, 7) is 7.30. The molecule has 0 bridgehead atoms. The molecule has 3 heteroatoms. The number of hydrogen-bond donors (Lipinski definition) is 1. The van der Waals surface area contributed by atoms with Crippen LogP contribution in [0.25, 0.3) is 11.4 Å². The van der Waals surface area contributed by atoms with Crippen molar-refractivity contribution in [3.8, 4) is 11.4 Å². The van der Waals surface area contributed by atoms with Crippen LogP contribution in [-0.2, 0) is 6.42 Å². The van der Waals surface area contributed by atoms with Crippen LogP contribution in [0.5, 0.6) is 0 Å². The zero-order chi connectivity index (χ0) is 14.5. The first kappa shape index (κ1) is 14.7. The Bertz CT molecular complexity index is 568. The monoisotopic (exact) mass is 269 g/mol. The van der Waals surface area contributed by atoms with Gasteiger partial charge in [0.25, 0.3) is 0 Å². The van der Waals surface area contributed by atoms with E-state index in [1.54, 1.807) is 0 Å². The second-order valence-electron chi connectivity index (χ2n) is 5.22. The van der Waals surface area contributed by atoms with Crippen LogP contribution in [0.2, 0.25) is 0 Å². The molecule has 1 heterocycles. The zero-order valence-corrected chi connectivity index (χ0v) is 12.8. The predicted octanol–water partition coefficient (Wildman–Crippen LogP) is 3.22. The number of rotatable bonds is 5. The molecule has 0 aliphatic carbocycles. The van der Waals surface area contributed by atoms with Crippen LogP contribution < -0.4 is 5.32 Å². The SMILES string of the molecule is CNCCCc1c(C)nc(-c2ccccc2C)nc1C. The van der Waals surface area contributed by atoms with Crippen molar-refractivity contribution in [2.75, 3.05) is 13.6 Å². The van der Waals surface area contributed by atoms with E-state index in [9.17, 15) is 0 Å². The van der Waals surface area contributed by atoms with Crippen LogP contribution in [-0.4, -0.2) is 23.6 Å². The van der Waals surface area contributed by atoms with Crippen molar-refractivity contribution < 1.29 is 0 Å². The van der Waals surface area contributed by atoms with Gasteiger partial charge >= 0.3 is 0 Å². The molecule has 0 saturated heterocycles. The highest BCUT2D eigenvalue weighted by Crippen LogP contribution is 2.22. The van der Waals surface area contributed by atoms with Gasteiger partial charge in [0, 0.05) is 17.0 Å². The minimum atomic E-state index is 0.843. The van der Waals surface area contributed by atoms with Crippen LogP contribution in [0.4, 0.5) is 0 Å². The van der Waals surface area contributed by atoms with Gasteiger partial charge in [-0.3, -0.25) is 0 Å². The molecule has 3 nitrogen and oxygen atoms in total. The van der Waals surface area contributed by atoms with E-state index >= 15 is 0 Å². The minimum absolute atomic E-state index is 0.843. The van der Waals surface area contributed by atoms with E-state index in [1.807, 2.05) is 19.2 Å². The molecule has 0 amide bonds. The van der Waals surface area contributed by atoms with Crippen molar-refractivity contribution in [1.82, 2.24) is 15.3 Å². The average molecular weight is 269 g/mol. The molecule has 106 valence electrons. The fourth-order valence-corrected chi connectivity index (χ4v) is 2.49. The maximum Gasteiger partial charge on any atom is 0.159 e. The Morgan fingerprint density at radius 1 is 1.00 bits per heavy atom. The lowest BCUT2D eigenvalue weighted by Crippen LogP contribution is -2.10. The van der Waals surface area contributed by atoms with Crippen LogP contribution in [0.1, 0.15) is 28.9 Å². The van der Waals surface area contributed by atoms with Crippen molar-refractivity contribution >= 4 is 0 Å². The summed E-state index contributed by atoms with van der Waals surface area (Å²) >= 11 is 0. The highest BCUT2D eigenvalue weighted by Gasteiger charge is 2.10. The molecule has 0 saturated carbocycles. The Morgan fingerprint density at radius 3 is 2.25 bits per heavy atom. The topological polar surface area (TPSA) is 37.8 Å². The molecule has 0 atom stereocenters. The maximum atomic E-state index is 4.71. The third-order valence-electron chi connectivity index (χ3n) is 3.66. The summed E-state index contributed by atoms with van der Waals surface area (Å²) in [4.78, 5) is 9.42. The first-order valence-corrected chi connectivity index (χ1v) is 7.18. The lowest BCUT2D eigenvalue weighted by atomic mass is 10.0. The predicted molar refractivity (Wildman–Crippen MR) is 83.9 cm³/mol. The van der Waals surface area contributed by atoms with E-state index in [4.69, 9.17) is 9.97 Å². The van der Waals surface area contributed by atoms with E-state index in [-0.39, 0.29) is 0 Å². The maximum absolute atomic E-state index is 4.71. The third-order valence-corrected chi connectivity index (χ3v) is 3.66. The first-order chi connectivity index (χ1) is 9.63. The van der Waals surface area contributed by atoms with Gasteiger partial charge in [0.1, 0.15) is 0 Å². The van der Waals surface area contributed by atoms with Crippen molar-refractivity contribution in [2.24, 2.45) is 0 Å². The lowest BCUT2D eigenvalue weighted by Gasteiger charge is -2.12. The third kappa shape index (κ3) is 3.23. The van der Waals surface area contributed by atoms with Crippen molar-refractivity contribution in [3.63, 3.8) is 0 Å². The second-order valence-corrected chi connectivity index (χ2v) is 5.22. The lowest BCUT2D eigenvalue weighted by molar-refractivity contribution is 0.715. The number of aromatic nitrogens is 2. The van der Waals surface area contributed by atoms with E-state index in [2.05, 4.69) is 38.2 Å². The standard InChI is InChI=1S/C17H23N3/c1-12-8-5-6-9-15(12)17-19-13(2)16(14(3)20-17)10-7-11-18-4/h5-6,8-9,18H,7,10-11H2,1-4H3. The normalized spacial score (nSPS) is 10.8. The van der Waals surface area contributed by atoms with Crippen molar-refractivity contribution in [2.45, 2.75) is 33.6 Å². The van der Waals surface area contributed by atoms with Gasteiger partial charge in [0.05, 0.1) is 0 Å². The number of nitrogens with zero attached hydrogens (tertiary/aromatic N) is 2. The Hall–Kier alpha value is -1.74. The molecule has 0 aliphatic heterocycles. The van der Waals surface area contributed by atoms with Gasteiger partial charge in [-0.15, -0.1) is 0 Å². The number of hydrogen-bond acceptors (Lipinski definition) is 3. The summed E-state index contributed by atoms with van der Waals surface area (Å²) in [7, 11) is 1.98. The molecule has 1 aromatic heterocycles. The van der Waals surface area contributed by atoms with Gasteiger partial charge in [-0.1, -0.05) is 24.3 Å². The summed E-state index contributed by atoms with van der Waals surface area (Å²) in [5, 5.41) is 3.18. The summed E-state index contributed by atoms with van der Waals surface area (Å²) in [6, 6.07) is 8.27. The highest BCUT2D eigenvalue weighted by atomic mass is 14.9. The van der Waals surface area contributed by atoms with E-state index in [0.29, 0.717) is 0 Å². The smallest absolute Gasteiger partial charge is 0.159 e. The van der Waals surface area contributed by atoms with Gasteiger partial charge in [0.2, 0.25) is 0 Å². The summed E-state index contributed by atoms with van der Waals surface area (Å²) in [6.07, 6.45) is 2.15. The molecule has 1 aromatic carbocycles. The number of aryl methyl sites for hydroxylation is 3. The Balaban J connectivity index is 2.33. The van der Waals surface area contributed by atoms with E-state index in [1.165, 1.54) is 11.1 Å². The van der Waals surface area contributed by atoms with E-state index in [0.717, 1.165) is 42.2 Å². The van der Waals surface area contributed by atoms with Crippen LogP contribution in [0.15, 0.2) is 24.3 Å². The average Bonchev–Trinajstić information content (AvgIpc) is 2.42. The minimum Gasteiger partial charge on any atom is -0.320 e. The Labute approximate surface area is 121 Å². The number of nitrogens with one attached hydrogen (secondary N) is 1. The number of benzene rings is 1. The molecular weight excluding hydrogens is 246 g/mol. The second kappa shape index (κ2) is 6.62. The molecule has 0 fully saturated rings. The molecule has 0 radical (unpaired) electrons. The summed E-state index contributed by atoms with van der Waals surface area (Å²) < 4.78 is 0. The van der Waals surface area contributed by atoms with Gasteiger partial charge in [-0.2, -0.15) is 0 Å². The molecule has 0 aliphatic rings. The van der Waals surface area contributed by atoms with Crippen LogP contribution >= 0.6 is 0 Å². The van der Waals surface area contributed by atoms with Crippen LogP contribution in [0.3, 0.4) is 0 Å². The van der Waals surface area contributed by atoms with Gasteiger partial charge in [-0.05, 0) is 58.3 Å². The molecule has 1 N–H and O–H groups in total. The summed E-state index contributed by atoms with van der Waals surface area (Å²) in [5.41, 5.74) is 5.84. The molecule has 20 heavy (non-hydrogen) atoms. The molecular formula is C17H23N3. The highest BCUT2D eigenvalue weighted by molar-refractivity contribution is 5.60. The largest absolute Gasteiger partial charge is 0.320 e. The first-order valence-electron chi connectivity index (χ1n) is 7.18. The van der Waals surface area contributed by atoms with Gasteiger partial charge < -0.3 is 5.32 Å². The molecule has 2 aromatic rings. The van der Waals surface area contributed by atoms with Crippen LogP contribution in [0, 0.1) is 20.8 Å². The fourth-order valence-electron chi connectivity index (χ4n) is 2.49. The Kier molecular flexibility index (Phi) is 4.85. The molecule has 0 unspecified atom stereocenters. The molecule has 0 spiro atoms. The van der Waals surface area contributed by atoms with Crippen molar-refractivity contribution in [3.05, 3.63) is 46.8 Å². The summed E-state index contributed by atoms with van der Waals surface area (Å²) in [5.74, 6) is 0.843. The Morgan fingerprint density at radius 2 is 1.65 bits per heavy atom. The van der Waals surface area contributed by atoms with E-state index < -0.39 is 0 Å².